The predicted molar refractivity (Wildman–Crippen MR) is 79.1 cm³/mol. The van der Waals surface area contributed by atoms with Crippen LogP contribution in [0.2, 0.25) is 0 Å². The van der Waals surface area contributed by atoms with Gasteiger partial charge in [-0.05, 0) is 18.6 Å². The zero-order valence-corrected chi connectivity index (χ0v) is 11.8. The van der Waals surface area contributed by atoms with Crippen LogP contribution >= 0.6 is 0 Å². The van der Waals surface area contributed by atoms with E-state index in [4.69, 9.17) is 5.73 Å². The van der Waals surface area contributed by atoms with Gasteiger partial charge in [0.1, 0.15) is 5.69 Å². The molecule has 0 unspecified atom stereocenters. The third-order valence-electron chi connectivity index (χ3n) is 3.72. The zero-order valence-electron chi connectivity index (χ0n) is 11.8. The van der Waals surface area contributed by atoms with Gasteiger partial charge in [-0.25, -0.2) is 9.97 Å². The topological polar surface area (TPSA) is 88.2 Å². The van der Waals surface area contributed by atoms with Gasteiger partial charge in [0.15, 0.2) is 5.82 Å². The number of likely N-dealkylation sites (tertiary alicyclic amines) is 1. The maximum Gasteiger partial charge on any atom is 0.178 e. The quantitative estimate of drug-likeness (QED) is 0.850. The molecule has 2 aromatic heterocycles. The fourth-order valence-corrected chi connectivity index (χ4v) is 2.48. The molecule has 6 nitrogen and oxygen atoms in total. The van der Waals surface area contributed by atoms with Crippen LogP contribution in [0.3, 0.4) is 0 Å². The summed E-state index contributed by atoms with van der Waals surface area (Å²) >= 11 is 0. The van der Waals surface area contributed by atoms with E-state index in [0.717, 1.165) is 30.8 Å². The molecule has 0 aliphatic carbocycles. The number of nitrogens with zero attached hydrogens (tertiary/aromatic N) is 4. The van der Waals surface area contributed by atoms with Crippen LogP contribution in [-0.2, 0) is 6.54 Å². The monoisotopic (exact) mass is 285 g/mol. The third-order valence-corrected chi connectivity index (χ3v) is 3.72. The number of rotatable bonds is 3. The Labute approximate surface area is 123 Å². The van der Waals surface area contributed by atoms with Crippen molar-refractivity contribution in [3.05, 3.63) is 42.4 Å². The van der Waals surface area contributed by atoms with Crippen LogP contribution in [0.15, 0.2) is 36.8 Å². The van der Waals surface area contributed by atoms with E-state index in [-0.39, 0.29) is 6.04 Å². The first-order valence-corrected chi connectivity index (χ1v) is 7.11. The highest BCUT2D eigenvalue weighted by Gasteiger charge is 2.24. The van der Waals surface area contributed by atoms with Crippen molar-refractivity contribution in [3.8, 4) is 11.5 Å². The Morgan fingerprint density at radius 3 is 2.71 bits per heavy atom. The van der Waals surface area contributed by atoms with Crippen LogP contribution < -0.4 is 5.73 Å². The molecule has 0 aromatic carbocycles. The Morgan fingerprint density at radius 1 is 1.24 bits per heavy atom. The van der Waals surface area contributed by atoms with Crippen LogP contribution in [0.5, 0.6) is 0 Å². The van der Waals surface area contributed by atoms with E-state index in [2.05, 4.69) is 19.9 Å². The molecule has 1 aliphatic rings. The number of aromatic nitrogens is 3. The maximum absolute atomic E-state index is 9.81. The molecule has 0 amide bonds. The van der Waals surface area contributed by atoms with E-state index in [0.29, 0.717) is 12.4 Å². The lowest BCUT2D eigenvalue weighted by Gasteiger charge is -2.33. The summed E-state index contributed by atoms with van der Waals surface area (Å²) in [6.07, 6.45) is 5.72. The Hall–Kier alpha value is -1.89. The predicted octanol–water partition coefficient (Wildman–Crippen LogP) is 0.432. The molecule has 0 spiro atoms. The minimum Gasteiger partial charge on any atom is -0.390 e. The van der Waals surface area contributed by atoms with Gasteiger partial charge in [0.2, 0.25) is 0 Å². The summed E-state index contributed by atoms with van der Waals surface area (Å²) in [5.74, 6) is 0.625. The summed E-state index contributed by atoms with van der Waals surface area (Å²) in [6, 6.07) is 5.56. The van der Waals surface area contributed by atoms with Gasteiger partial charge in [0.05, 0.1) is 6.10 Å². The molecule has 0 saturated carbocycles. The Morgan fingerprint density at radius 2 is 2.05 bits per heavy atom. The molecule has 3 N–H and O–H groups in total. The number of pyridine rings is 1. The zero-order chi connectivity index (χ0) is 14.7. The van der Waals surface area contributed by atoms with Crippen LogP contribution in [0.1, 0.15) is 12.0 Å². The van der Waals surface area contributed by atoms with E-state index in [9.17, 15) is 5.11 Å². The highest BCUT2D eigenvalue weighted by molar-refractivity contribution is 5.47. The number of nitrogens with two attached hydrogens (primary N) is 1. The van der Waals surface area contributed by atoms with Gasteiger partial charge in [-0.1, -0.05) is 6.07 Å². The van der Waals surface area contributed by atoms with Gasteiger partial charge in [0, 0.05) is 49.8 Å². The lowest BCUT2D eigenvalue weighted by molar-refractivity contribution is 0.0498. The molecule has 110 valence electrons. The van der Waals surface area contributed by atoms with Crippen molar-refractivity contribution in [1.82, 2.24) is 19.9 Å². The molecule has 0 radical (unpaired) electrons. The molecule has 0 bridgehead atoms. The number of β-amino-alcohol motifs (C(OH)–C–C–N with tert-alkyl or cyclic N) is 1. The second-order valence-electron chi connectivity index (χ2n) is 5.38. The number of hydrogen-bond donors (Lipinski definition) is 2. The average molecular weight is 285 g/mol. The first-order valence-electron chi connectivity index (χ1n) is 7.11. The van der Waals surface area contributed by atoms with Crippen molar-refractivity contribution < 1.29 is 5.11 Å². The largest absolute Gasteiger partial charge is 0.390 e. The van der Waals surface area contributed by atoms with Crippen molar-refractivity contribution in [2.75, 3.05) is 13.1 Å². The standard InChI is InChI=1S/C15H19N5O/c16-12-4-6-20(10-14(12)21)9-11-7-18-15(19-8-11)13-3-1-2-5-17-13/h1-3,5,7-8,12,14,21H,4,6,9-10,16H2/t12-,14-/m1/s1. The van der Waals surface area contributed by atoms with Crippen molar-refractivity contribution in [2.24, 2.45) is 5.73 Å². The van der Waals surface area contributed by atoms with Gasteiger partial charge >= 0.3 is 0 Å². The molecule has 21 heavy (non-hydrogen) atoms. The van der Waals surface area contributed by atoms with Gasteiger partial charge in [-0.2, -0.15) is 0 Å². The fraction of sp³-hybridized carbons (Fsp3) is 0.400. The lowest BCUT2D eigenvalue weighted by Crippen LogP contribution is -2.50. The van der Waals surface area contributed by atoms with E-state index in [1.165, 1.54) is 0 Å². The average Bonchev–Trinajstić information content (AvgIpc) is 2.53. The molecule has 3 heterocycles. The second-order valence-corrected chi connectivity index (χ2v) is 5.38. The number of hydrogen-bond acceptors (Lipinski definition) is 6. The first-order chi connectivity index (χ1) is 10.2. The van der Waals surface area contributed by atoms with Gasteiger partial charge in [-0.15, -0.1) is 0 Å². The smallest absolute Gasteiger partial charge is 0.178 e. The van der Waals surface area contributed by atoms with Crippen molar-refractivity contribution in [3.63, 3.8) is 0 Å². The lowest BCUT2D eigenvalue weighted by atomic mass is 10.0. The fourth-order valence-electron chi connectivity index (χ4n) is 2.48. The second kappa shape index (κ2) is 6.26. The van der Waals surface area contributed by atoms with Gasteiger partial charge in [0.25, 0.3) is 0 Å². The summed E-state index contributed by atoms with van der Waals surface area (Å²) in [5, 5.41) is 9.81. The normalized spacial score (nSPS) is 23.1. The Kier molecular flexibility index (Phi) is 4.19. The molecule has 1 aliphatic heterocycles. The van der Waals surface area contributed by atoms with E-state index < -0.39 is 6.10 Å². The summed E-state index contributed by atoms with van der Waals surface area (Å²) in [6.45, 7) is 2.22. The Balaban J connectivity index is 1.65. The highest BCUT2D eigenvalue weighted by Crippen LogP contribution is 2.14. The molecular weight excluding hydrogens is 266 g/mol. The molecular formula is C15H19N5O. The summed E-state index contributed by atoms with van der Waals surface area (Å²) in [7, 11) is 0. The molecule has 2 aromatic rings. The molecule has 3 rings (SSSR count). The van der Waals surface area contributed by atoms with Crippen LogP contribution in [0.4, 0.5) is 0 Å². The van der Waals surface area contributed by atoms with E-state index >= 15 is 0 Å². The molecule has 1 saturated heterocycles. The summed E-state index contributed by atoms with van der Waals surface area (Å²) in [4.78, 5) is 15.1. The SMILES string of the molecule is N[C@@H]1CCN(Cc2cnc(-c3ccccn3)nc2)C[C@H]1O. The number of aliphatic hydroxyl groups is 1. The number of aliphatic hydroxyl groups excluding tert-OH is 1. The van der Waals surface area contributed by atoms with Crippen molar-refractivity contribution in [1.29, 1.82) is 0 Å². The van der Waals surface area contributed by atoms with Crippen molar-refractivity contribution >= 4 is 0 Å². The summed E-state index contributed by atoms with van der Waals surface area (Å²) < 4.78 is 0. The van der Waals surface area contributed by atoms with Crippen molar-refractivity contribution in [2.45, 2.75) is 25.1 Å². The van der Waals surface area contributed by atoms with Crippen LogP contribution in [0, 0.1) is 0 Å². The maximum atomic E-state index is 9.81. The van der Waals surface area contributed by atoms with Gasteiger partial charge < -0.3 is 10.8 Å². The van der Waals surface area contributed by atoms with Crippen LogP contribution in [0.25, 0.3) is 11.5 Å². The third kappa shape index (κ3) is 3.41. The summed E-state index contributed by atoms with van der Waals surface area (Å²) in [5.41, 5.74) is 7.60. The Bertz CT molecular complexity index is 574. The van der Waals surface area contributed by atoms with E-state index in [1.807, 2.05) is 30.6 Å². The van der Waals surface area contributed by atoms with Crippen LogP contribution in [-0.4, -0.2) is 50.2 Å². The highest BCUT2D eigenvalue weighted by atomic mass is 16.3. The first kappa shape index (κ1) is 14.1. The minimum atomic E-state index is -0.451. The molecule has 1 fully saturated rings. The molecule has 6 heteroatoms. The molecule has 2 atom stereocenters. The van der Waals surface area contributed by atoms with Gasteiger partial charge in [-0.3, -0.25) is 9.88 Å². The number of piperidine rings is 1. The van der Waals surface area contributed by atoms with E-state index in [1.54, 1.807) is 6.20 Å². The minimum absolute atomic E-state index is 0.107.